The highest BCUT2D eigenvalue weighted by atomic mass is 19.1. The van der Waals surface area contributed by atoms with Gasteiger partial charge in [0.1, 0.15) is 5.82 Å². The van der Waals surface area contributed by atoms with Crippen LogP contribution in [0.15, 0.2) is 18.2 Å². The number of aryl methyl sites for hydroxylation is 1. The lowest BCUT2D eigenvalue weighted by Crippen LogP contribution is -2.27. The van der Waals surface area contributed by atoms with E-state index < -0.39 is 0 Å². The van der Waals surface area contributed by atoms with Gasteiger partial charge in [0.15, 0.2) is 0 Å². The molecule has 1 fully saturated rings. The number of ether oxygens (including phenoxy) is 1. The lowest BCUT2D eigenvalue weighted by molar-refractivity contribution is 0.0400. The van der Waals surface area contributed by atoms with Gasteiger partial charge in [-0.1, -0.05) is 6.07 Å². The van der Waals surface area contributed by atoms with Crippen LogP contribution >= 0.6 is 0 Å². The topological polar surface area (TPSA) is 35.2 Å². The summed E-state index contributed by atoms with van der Waals surface area (Å²) in [5, 5.41) is 0. The van der Waals surface area contributed by atoms with Crippen molar-refractivity contribution in [3.8, 4) is 0 Å². The van der Waals surface area contributed by atoms with Crippen molar-refractivity contribution >= 4 is 0 Å². The second-order valence-corrected chi connectivity index (χ2v) is 4.59. The van der Waals surface area contributed by atoms with Gasteiger partial charge in [-0.2, -0.15) is 0 Å². The lowest BCUT2D eigenvalue weighted by atomic mass is 9.96. The Morgan fingerprint density at radius 1 is 1.44 bits per heavy atom. The van der Waals surface area contributed by atoms with Crippen molar-refractivity contribution < 1.29 is 9.13 Å². The largest absolute Gasteiger partial charge is 0.373 e. The Hall–Kier alpha value is -0.930. The maximum atomic E-state index is 13.0. The molecule has 3 unspecified atom stereocenters. The molecule has 0 radical (unpaired) electrons. The molecule has 1 aromatic rings. The van der Waals surface area contributed by atoms with E-state index >= 15 is 0 Å². The average molecular weight is 223 g/mol. The predicted octanol–water partition coefficient (Wildman–Crippen LogP) is 2.70. The number of benzene rings is 1. The number of halogens is 1. The fourth-order valence-corrected chi connectivity index (χ4v) is 2.31. The van der Waals surface area contributed by atoms with Gasteiger partial charge in [0.2, 0.25) is 0 Å². The Morgan fingerprint density at radius 2 is 2.19 bits per heavy atom. The number of rotatable bonds is 2. The fraction of sp³-hybridized carbons (Fsp3) is 0.538. The van der Waals surface area contributed by atoms with Crippen molar-refractivity contribution in [3.63, 3.8) is 0 Å². The molecule has 2 rings (SSSR count). The third kappa shape index (κ3) is 2.25. The van der Waals surface area contributed by atoms with Crippen LogP contribution in [-0.2, 0) is 4.74 Å². The molecule has 2 N–H and O–H groups in total. The minimum atomic E-state index is -0.214. The summed E-state index contributed by atoms with van der Waals surface area (Å²) in [5.74, 6) is -0.214. The van der Waals surface area contributed by atoms with Crippen LogP contribution in [0.25, 0.3) is 0 Å². The van der Waals surface area contributed by atoms with Crippen molar-refractivity contribution in [3.05, 3.63) is 35.1 Å². The molecule has 0 spiro atoms. The second kappa shape index (κ2) is 4.52. The van der Waals surface area contributed by atoms with Crippen LogP contribution < -0.4 is 5.73 Å². The molecule has 3 heteroatoms. The third-order valence-corrected chi connectivity index (χ3v) is 3.26. The van der Waals surface area contributed by atoms with E-state index in [-0.39, 0.29) is 24.1 Å². The standard InChI is InChI=1S/C13H18FNO/c1-8-7-10(14)4-5-11(8)13(15)12-6-3-9(2)16-12/h4-5,7,9,12-13H,3,6,15H2,1-2H3. The summed E-state index contributed by atoms with van der Waals surface area (Å²) in [7, 11) is 0. The highest BCUT2D eigenvalue weighted by Crippen LogP contribution is 2.30. The summed E-state index contributed by atoms with van der Waals surface area (Å²) < 4.78 is 18.7. The second-order valence-electron chi connectivity index (χ2n) is 4.59. The molecule has 0 amide bonds. The summed E-state index contributed by atoms with van der Waals surface area (Å²) in [6.45, 7) is 3.95. The summed E-state index contributed by atoms with van der Waals surface area (Å²) in [6.07, 6.45) is 2.40. The van der Waals surface area contributed by atoms with Crippen molar-refractivity contribution in [2.24, 2.45) is 5.73 Å². The molecule has 1 aliphatic rings. The molecule has 16 heavy (non-hydrogen) atoms. The van der Waals surface area contributed by atoms with E-state index in [9.17, 15) is 4.39 Å². The van der Waals surface area contributed by atoms with Crippen molar-refractivity contribution in [1.82, 2.24) is 0 Å². The van der Waals surface area contributed by atoms with Gasteiger partial charge in [-0.25, -0.2) is 4.39 Å². The lowest BCUT2D eigenvalue weighted by Gasteiger charge is -2.21. The zero-order chi connectivity index (χ0) is 11.7. The first-order chi connectivity index (χ1) is 7.58. The van der Waals surface area contributed by atoms with E-state index in [1.165, 1.54) is 12.1 Å². The zero-order valence-corrected chi connectivity index (χ0v) is 9.74. The molecular formula is C13H18FNO. The third-order valence-electron chi connectivity index (χ3n) is 3.26. The van der Waals surface area contributed by atoms with E-state index in [2.05, 4.69) is 6.92 Å². The van der Waals surface area contributed by atoms with Gasteiger partial charge in [-0.05, 0) is 49.9 Å². The molecule has 0 aliphatic carbocycles. The summed E-state index contributed by atoms with van der Waals surface area (Å²) >= 11 is 0. The Labute approximate surface area is 95.6 Å². The molecular weight excluding hydrogens is 205 g/mol. The van der Waals surface area contributed by atoms with Gasteiger partial charge >= 0.3 is 0 Å². The molecule has 1 aliphatic heterocycles. The van der Waals surface area contributed by atoms with Crippen LogP contribution in [0.3, 0.4) is 0 Å². The summed E-state index contributed by atoms with van der Waals surface area (Å²) in [4.78, 5) is 0. The van der Waals surface area contributed by atoms with Crippen LogP contribution in [0.4, 0.5) is 4.39 Å². The van der Waals surface area contributed by atoms with Crippen LogP contribution in [0.1, 0.15) is 36.9 Å². The quantitative estimate of drug-likeness (QED) is 0.836. The molecule has 3 atom stereocenters. The average Bonchev–Trinajstić information content (AvgIpc) is 2.64. The Balaban J connectivity index is 2.17. The number of hydrogen-bond acceptors (Lipinski definition) is 2. The highest BCUT2D eigenvalue weighted by Gasteiger charge is 2.28. The normalized spacial score (nSPS) is 27.0. The first-order valence-electron chi connectivity index (χ1n) is 5.75. The maximum absolute atomic E-state index is 13.0. The zero-order valence-electron chi connectivity index (χ0n) is 9.74. The monoisotopic (exact) mass is 223 g/mol. The Bertz CT molecular complexity index is 380. The molecule has 88 valence electrons. The smallest absolute Gasteiger partial charge is 0.123 e. The summed E-state index contributed by atoms with van der Waals surface area (Å²) in [5.41, 5.74) is 8.05. The minimum absolute atomic E-state index is 0.0687. The van der Waals surface area contributed by atoms with Crippen LogP contribution in [0, 0.1) is 12.7 Å². The van der Waals surface area contributed by atoms with E-state index in [1.54, 1.807) is 6.07 Å². The first kappa shape index (κ1) is 11.6. The number of hydrogen-bond donors (Lipinski definition) is 1. The molecule has 1 saturated heterocycles. The van der Waals surface area contributed by atoms with Gasteiger partial charge in [0.05, 0.1) is 18.2 Å². The molecule has 1 heterocycles. The minimum Gasteiger partial charge on any atom is -0.373 e. The van der Waals surface area contributed by atoms with Gasteiger partial charge in [-0.3, -0.25) is 0 Å². The van der Waals surface area contributed by atoms with Gasteiger partial charge in [0.25, 0.3) is 0 Å². The van der Waals surface area contributed by atoms with E-state index in [0.29, 0.717) is 0 Å². The Morgan fingerprint density at radius 3 is 2.75 bits per heavy atom. The maximum Gasteiger partial charge on any atom is 0.123 e. The number of nitrogens with two attached hydrogens (primary N) is 1. The van der Waals surface area contributed by atoms with Crippen LogP contribution in [0.5, 0.6) is 0 Å². The predicted molar refractivity (Wildman–Crippen MR) is 61.6 cm³/mol. The highest BCUT2D eigenvalue weighted by molar-refractivity contribution is 5.30. The van der Waals surface area contributed by atoms with Gasteiger partial charge < -0.3 is 10.5 Å². The molecule has 0 bridgehead atoms. The van der Waals surface area contributed by atoms with Crippen LogP contribution in [0.2, 0.25) is 0 Å². The van der Waals surface area contributed by atoms with Gasteiger partial charge in [-0.15, -0.1) is 0 Å². The SMILES string of the molecule is Cc1cc(F)ccc1C(N)C1CCC(C)O1. The fourth-order valence-electron chi connectivity index (χ4n) is 2.31. The van der Waals surface area contributed by atoms with E-state index in [4.69, 9.17) is 10.5 Å². The van der Waals surface area contributed by atoms with Gasteiger partial charge in [0, 0.05) is 0 Å². The van der Waals surface area contributed by atoms with Crippen molar-refractivity contribution in [1.29, 1.82) is 0 Å². The molecule has 0 aromatic heterocycles. The molecule has 1 aromatic carbocycles. The molecule has 2 nitrogen and oxygen atoms in total. The van der Waals surface area contributed by atoms with Crippen LogP contribution in [-0.4, -0.2) is 12.2 Å². The first-order valence-corrected chi connectivity index (χ1v) is 5.75. The Kier molecular flexibility index (Phi) is 3.26. The van der Waals surface area contributed by atoms with Crippen molar-refractivity contribution in [2.75, 3.05) is 0 Å². The molecule has 0 saturated carbocycles. The van der Waals surface area contributed by atoms with Crippen molar-refractivity contribution in [2.45, 2.75) is 44.9 Å². The van der Waals surface area contributed by atoms with E-state index in [0.717, 1.165) is 24.0 Å². The summed E-state index contributed by atoms with van der Waals surface area (Å²) in [6, 6.07) is 4.60. The van der Waals surface area contributed by atoms with E-state index in [1.807, 2.05) is 6.92 Å².